The molecular weight excluding hydrogens is 394 g/mol. The molecular formula is C24H21N3O2S. The molecule has 30 heavy (non-hydrogen) atoms. The molecule has 0 spiro atoms. The number of carbonyl (C=O) groups excluding carboxylic acids is 1. The largest absolute Gasteiger partial charge is 0.488 e. The van der Waals surface area contributed by atoms with Crippen molar-refractivity contribution in [1.82, 2.24) is 5.32 Å². The molecule has 0 saturated carbocycles. The molecule has 1 N–H and O–H groups in total. The fraction of sp³-hybridized carbons (Fsp3) is 0.125. The molecule has 3 aromatic carbocycles. The molecule has 1 unspecified atom stereocenters. The first-order valence-electron chi connectivity index (χ1n) is 9.66. The van der Waals surface area contributed by atoms with Gasteiger partial charge in [-0.25, -0.2) is 0 Å². The summed E-state index contributed by atoms with van der Waals surface area (Å²) in [7, 11) is 0. The van der Waals surface area contributed by atoms with E-state index >= 15 is 0 Å². The number of thioether (sulfide) groups is 1. The van der Waals surface area contributed by atoms with E-state index in [1.54, 1.807) is 6.21 Å². The molecule has 6 heteroatoms. The van der Waals surface area contributed by atoms with Crippen molar-refractivity contribution in [2.24, 2.45) is 10.2 Å². The zero-order chi connectivity index (χ0) is 20.6. The van der Waals surface area contributed by atoms with Gasteiger partial charge in [-0.1, -0.05) is 84.6 Å². The number of amidine groups is 1. The van der Waals surface area contributed by atoms with E-state index in [1.165, 1.54) is 11.8 Å². The standard InChI is InChI=1S/C24H21N3O2S/c28-23-22(15-18-9-3-1-4-10-18)30-24(26-23)27-25-16-20-13-7-8-14-21(20)29-17-19-11-5-2-6-12-19/h1-14,16,22H,15,17H2,(H,26,27,28)/b25-16+. The Morgan fingerprint density at radius 2 is 1.57 bits per heavy atom. The summed E-state index contributed by atoms with van der Waals surface area (Å²) in [5.74, 6) is 0.694. The van der Waals surface area contributed by atoms with E-state index in [0.29, 0.717) is 18.2 Å². The van der Waals surface area contributed by atoms with Gasteiger partial charge in [0.25, 0.3) is 0 Å². The van der Waals surface area contributed by atoms with Gasteiger partial charge in [0.05, 0.1) is 11.5 Å². The van der Waals surface area contributed by atoms with Crippen molar-refractivity contribution in [3.05, 3.63) is 102 Å². The predicted octanol–water partition coefficient (Wildman–Crippen LogP) is 4.43. The van der Waals surface area contributed by atoms with Crippen LogP contribution in [-0.4, -0.2) is 22.5 Å². The Bertz CT molecular complexity index is 1050. The van der Waals surface area contributed by atoms with Crippen LogP contribution in [0, 0.1) is 0 Å². The molecule has 3 aromatic rings. The highest BCUT2D eigenvalue weighted by atomic mass is 32.2. The molecule has 1 aliphatic rings. The second-order valence-electron chi connectivity index (χ2n) is 6.75. The third-order valence-corrected chi connectivity index (χ3v) is 5.61. The van der Waals surface area contributed by atoms with Gasteiger partial charge in [-0.3, -0.25) is 4.79 Å². The van der Waals surface area contributed by atoms with E-state index in [0.717, 1.165) is 22.4 Å². The van der Waals surface area contributed by atoms with Gasteiger partial charge in [0.15, 0.2) is 5.17 Å². The number of amides is 1. The van der Waals surface area contributed by atoms with Gasteiger partial charge in [0.2, 0.25) is 5.91 Å². The van der Waals surface area contributed by atoms with Gasteiger partial charge >= 0.3 is 0 Å². The normalized spacial score (nSPS) is 17.4. The Hall–Kier alpha value is -3.38. The van der Waals surface area contributed by atoms with Crippen LogP contribution in [0.15, 0.2) is 95.1 Å². The van der Waals surface area contributed by atoms with E-state index in [9.17, 15) is 4.79 Å². The SMILES string of the molecule is O=C1N/C(=N\N=C\c2ccccc2OCc2ccccc2)SC1Cc1ccccc1. The summed E-state index contributed by atoms with van der Waals surface area (Å²) in [5.41, 5.74) is 3.05. The van der Waals surface area contributed by atoms with Gasteiger partial charge in [-0.05, 0) is 29.7 Å². The molecule has 1 aliphatic heterocycles. The van der Waals surface area contributed by atoms with Crippen molar-refractivity contribution in [2.75, 3.05) is 0 Å². The second-order valence-corrected chi connectivity index (χ2v) is 7.94. The van der Waals surface area contributed by atoms with Crippen LogP contribution in [0.3, 0.4) is 0 Å². The van der Waals surface area contributed by atoms with Crippen molar-refractivity contribution in [3.63, 3.8) is 0 Å². The van der Waals surface area contributed by atoms with Crippen LogP contribution in [0.1, 0.15) is 16.7 Å². The first-order chi connectivity index (χ1) is 14.8. The quantitative estimate of drug-likeness (QED) is 0.459. The van der Waals surface area contributed by atoms with Crippen molar-refractivity contribution in [3.8, 4) is 5.75 Å². The van der Waals surface area contributed by atoms with Crippen LogP contribution in [0.4, 0.5) is 0 Å². The molecule has 0 radical (unpaired) electrons. The molecule has 1 heterocycles. The summed E-state index contributed by atoms with van der Waals surface area (Å²) in [6, 6.07) is 27.6. The lowest BCUT2D eigenvalue weighted by Crippen LogP contribution is -2.25. The molecule has 5 nitrogen and oxygen atoms in total. The van der Waals surface area contributed by atoms with E-state index in [2.05, 4.69) is 15.5 Å². The maximum absolute atomic E-state index is 12.2. The Labute approximate surface area is 179 Å². The Kier molecular flexibility index (Phi) is 6.57. The molecule has 4 rings (SSSR count). The molecule has 1 fully saturated rings. The van der Waals surface area contributed by atoms with E-state index in [-0.39, 0.29) is 11.2 Å². The number of nitrogens with zero attached hydrogens (tertiary/aromatic N) is 2. The maximum Gasteiger partial charge on any atom is 0.239 e. The van der Waals surface area contributed by atoms with Crippen molar-refractivity contribution in [2.45, 2.75) is 18.3 Å². The number of carbonyl (C=O) groups is 1. The minimum Gasteiger partial charge on any atom is -0.488 e. The smallest absolute Gasteiger partial charge is 0.239 e. The van der Waals surface area contributed by atoms with Crippen LogP contribution in [-0.2, 0) is 17.8 Å². The van der Waals surface area contributed by atoms with E-state index < -0.39 is 0 Å². The van der Waals surface area contributed by atoms with Crippen molar-refractivity contribution >= 4 is 29.1 Å². The molecule has 1 amide bonds. The maximum atomic E-state index is 12.2. The minimum atomic E-state index is -0.192. The number of nitrogens with one attached hydrogen (secondary N) is 1. The summed E-state index contributed by atoms with van der Waals surface area (Å²) < 4.78 is 5.93. The van der Waals surface area contributed by atoms with Crippen molar-refractivity contribution in [1.29, 1.82) is 0 Å². The average Bonchev–Trinajstić information content (AvgIpc) is 3.13. The van der Waals surface area contributed by atoms with E-state index in [4.69, 9.17) is 4.74 Å². The molecule has 1 saturated heterocycles. The topological polar surface area (TPSA) is 63.0 Å². The fourth-order valence-electron chi connectivity index (χ4n) is 3.01. The number of benzene rings is 3. The number of rotatable bonds is 7. The molecule has 0 bridgehead atoms. The van der Waals surface area contributed by atoms with Gasteiger partial charge in [-0.15, -0.1) is 5.10 Å². The lowest BCUT2D eigenvalue weighted by Gasteiger charge is -2.08. The van der Waals surface area contributed by atoms with Crippen LogP contribution in [0.5, 0.6) is 5.75 Å². The summed E-state index contributed by atoms with van der Waals surface area (Å²) >= 11 is 1.40. The van der Waals surface area contributed by atoms with Gasteiger partial charge in [0, 0.05) is 5.56 Å². The summed E-state index contributed by atoms with van der Waals surface area (Å²) in [6.45, 7) is 0.479. The molecule has 150 valence electrons. The molecule has 0 aliphatic carbocycles. The second kappa shape index (κ2) is 9.89. The highest BCUT2D eigenvalue weighted by molar-refractivity contribution is 8.15. The average molecular weight is 416 g/mol. The first-order valence-corrected chi connectivity index (χ1v) is 10.5. The van der Waals surface area contributed by atoms with Crippen LogP contribution < -0.4 is 10.1 Å². The third-order valence-electron chi connectivity index (χ3n) is 4.54. The number of hydrogen-bond acceptors (Lipinski definition) is 5. The third kappa shape index (κ3) is 5.36. The van der Waals surface area contributed by atoms with E-state index in [1.807, 2.05) is 84.9 Å². The summed E-state index contributed by atoms with van der Waals surface area (Å²) in [4.78, 5) is 12.2. The van der Waals surface area contributed by atoms with Crippen LogP contribution in [0.2, 0.25) is 0 Å². The Morgan fingerprint density at radius 3 is 2.33 bits per heavy atom. The summed E-state index contributed by atoms with van der Waals surface area (Å²) in [6.07, 6.45) is 2.31. The van der Waals surface area contributed by atoms with Crippen LogP contribution in [0.25, 0.3) is 0 Å². The number of hydrogen-bond donors (Lipinski definition) is 1. The predicted molar refractivity (Wildman–Crippen MR) is 122 cm³/mol. The number of ether oxygens (including phenoxy) is 1. The lowest BCUT2D eigenvalue weighted by molar-refractivity contribution is -0.118. The first kappa shape index (κ1) is 19.9. The van der Waals surface area contributed by atoms with Gasteiger partial charge < -0.3 is 10.1 Å². The number of para-hydroxylation sites is 1. The monoisotopic (exact) mass is 415 g/mol. The Balaban J connectivity index is 1.38. The van der Waals surface area contributed by atoms with Crippen molar-refractivity contribution < 1.29 is 9.53 Å². The lowest BCUT2D eigenvalue weighted by atomic mass is 10.1. The zero-order valence-corrected chi connectivity index (χ0v) is 17.1. The highest BCUT2D eigenvalue weighted by Gasteiger charge is 2.30. The van der Waals surface area contributed by atoms with Crippen LogP contribution >= 0.6 is 11.8 Å². The molecule has 1 atom stereocenters. The van der Waals surface area contributed by atoms with Gasteiger partial charge in [-0.2, -0.15) is 5.10 Å². The zero-order valence-electron chi connectivity index (χ0n) is 16.3. The molecule has 0 aromatic heterocycles. The minimum absolute atomic E-state index is 0.0376. The fourth-order valence-corrected chi connectivity index (χ4v) is 3.98. The van der Waals surface area contributed by atoms with Gasteiger partial charge in [0.1, 0.15) is 12.4 Å². The summed E-state index contributed by atoms with van der Waals surface area (Å²) in [5, 5.41) is 11.5. The highest BCUT2D eigenvalue weighted by Crippen LogP contribution is 2.23. The Morgan fingerprint density at radius 1 is 0.900 bits per heavy atom.